The summed E-state index contributed by atoms with van der Waals surface area (Å²) < 4.78 is 17.2. The number of hydrogen-bond acceptors (Lipinski definition) is 14. The first-order valence-corrected chi connectivity index (χ1v) is 12.7. The Balaban J connectivity index is 1.81. The maximum atomic E-state index is 13.4. The van der Waals surface area contributed by atoms with E-state index in [2.05, 4.69) is 0 Å². The zero-order valence-corrected chi connectivity index (χ0v) is 21.5. The molecule has 10 N–H and O–H groups in total. The van der Waals surface area contributed by atoms with Gasteiger partial charge in [0.1, 0.15) is 83.3 Å². The van der Waals surface area contributed by atoms with Crippen molar-refractivity contribution in [3.8, 4) is 28.6 Å². The Bertz CT molecular complexity index is 1480. The second kappa shape index (κ2) is 10.8. The normalized spacial score (nSPS) is 34.1. The van der Waals surface area contributed by atoms with E-state index in [9.17, 15) is 55.9 Å². The van der Waals surface area contributed by atoms with Gasteiger partial charge in [-0.3, -0.25) is 4.79 Å². The summed E-state index contributed by atoms with van der Waals surface area (Å²) in [5, 5.41) is 104. The highest BCUT2D eigenvalue weighted by Gasteiger charge is 2.49. The number of benzene rings is 2. The van der Waals surface area contributed by atoms with Crippen LogP contribution in [0, 0.1) is 0 Å². The fourth-order valence-corrected chi connectivity index (χ4v) is 5.34. The maximum Gasteiger partial charge on any atom is 0.197 e. The summed E-state index contributed by atoms with van der Waals surface area (Å²) in [7, 11) is 0. The molecule has 3 heterocycles. The van der Waals surface area contributed by atoms with Crippen molar-refractivity contribution < 1.29 is 65.0 Å². The number of aliphatic hydroxyl groups excluding tert-OH is 7. The highest BCUT2D eigenvalue weighted by atomic mass is 16.5. The van der Waals surface area contributed by atoms with Gasteiger partial charge in [-0.05, 0) is 31.2 Å². The van der Waals surface area contributed by atoms with Gasteiger partial charge < -0.3 is 65.0 Å². The van der Waals surface area contributed by atoms with Crippen LogP contribution in [0.5, 0.6) is 17.2 Å². The summed E-state index contributed by atoms with van der Waals surface area (Å²) in [5.41, 5.74) is -2.16. The van der Waals surface area contributed by atoms with E-state index in [-0.39, 0.29) is 11.5 Å². The zero-order chi connectivity index (χ0) is 29.9. The standard InChI is InChI=1S/C27H30O14/c1-8-17(31)21(35)23(37)27(39-8)16-20(34)15(26-24(38)22(36)18(32)13(7-28)41-26)19(33)14-11(30)6-12(40-25(14)16)9-2-4-10(29)5-3-9/h2-6,8,13,17-18,21-24,26-29,31-38H,7H2,1H3/t8-,13-,17+,18-,21-,22+,23-,24-,26+,27+/m1/s1. The molecule has 0 aliphatic carbocycles. The Hall–Kier alpha value is -3.31. The van der Waals surface area contributed by atoms with Gasteiger partial charge in [-0.15, -0.1) is 0 Å². The van der Waals surface area contributed by atoms with Gasteiger partial charge in [0, 0.05) is 11.6 Å². The van der Waals surface area contributed by atoms with E-state index in [4.69, 9.17) is 13.9 Å². The van der Waals surface area contributed by atoms with Crippen LogP contribution < -0.4 is 5.43 Å². The third-order valence-corrected chi connectivity index (χ3v) is 7.66. The van der Waals surface area contributed by atoms with Crippen molar-refractivity contribution in [2.45, 2.75) is 68.0 Å². The number of fused-ring (bicyclic) bond motifs is 1. The van der Waals surface area contributed by atoms with Crippen LogP contribution in [0.15, 0.2) is 39.5 Å². The quantitative estimate of drug-likeness (QED) is 0.172. The molecule has 14 nitrogen and oxygen atoms in total. The van der Waals surface area contributed by atoms with Crippen molar-refractivity contribution in [3.05, 3.63) is 51.7 Å². The Kier molecular flexibility index (Phi) is 7.71. The van der Waals surface area contributed by atoms with E-state index in [0.717, 1.165) is 6.07 Å². The minimum absolute atomic E-state index is 0.0719. The molecule has 2 aliphatic rings. The van der Waals surface area contributed by atoms with Crippen LogP contribution in [-0.4, -0.2) is 107 Å². The highest BCUT2D eigenvalue weighted by Crippen LogP contribution is 2.50. The van der Waals surface area contributed by atoms with E-state index in [1.807, 2.05) is 0 Å². The molecule has 2 aromatic carbocycles. The molecule has 2 fully saturated rings. The third kappa shape index (κ3) is 4.72. The number of aromatic hydroxyl groups is 3. The first-order valence-electron chi connectivity index (χ1n) is 12.7. The summed E-state index contributed by atoms with van der Waals surface area (Å²) in [6, 6.07) is 6.51. The molecular formula is C27H30O14. The summed E-state index contributed by atoms with van der Waals surface area (Å²) in [6.07, 6.45) is -16.9. The predicted octanol–water partition coefficient (Wildman–Crippen LogP) is -1.37. The number of phenolic OH excluding ortho intramolecular Hbond substituents is 3. The van der Waals surface area contributed by atoms with Crippen molar-refractivity contribution in [1.82, 2.24) is 0 Å². The van der Waals surface area contributed by atoms with Crippen molar-refractivity contribution in [1.29, 1.82) is 0 Å². The number of phenols is 3. The molecule has 14 heteroatoms. The number of rotatable bonds is 4. The minimum atomic E-state index is -1.98. The lowest BCUT2D eigenvalue weighted by molar-refractivity contribution is -0.232. The molecule has 2 aliphatic heterocycles. The van der Waals surface area contributed by atoms with Crippen LogP contribution in [0.4, 0.5) is 0 Å². The van der Waals surface area contributed by atoms with Crippen LogP contribution in [-0.2, 0) is 9.47 Å². The van der Waals surface area contributed by atoms with Crippen molar-refractivity contribution in [2.75, 3.05) is 6.61 Å². The maximum absolute atomic E-state index is 13.4. The lowest BCUT2D eigenvalue weighted by Crippen LogP contribution is -2.55. The van der Waals surface area contributed by atoms with E-state index in [0.29, 0.717) is 5.56 Å². The van der Waals surface area contributed by atoms with Gasteiger partial charge in [0.25, 0.3) is 0 Å². The largest absolute Gasteiger partial charge is 0.508 e. The molecule has 0 unspecified atom stereocenters. The van der Waals surface area contributed by atoms with Crippen LogP contribution in [0.3, 0.4) is 0 Å². The predicted molar refractivity (Wildman–Crippen MR) is 137 cm³/mol. The van der Waals surface area contributed by atoms with Crippen LogP contribution in [0.1, 0.15) is 30.3 Å². The molecule has 5 rings (SSSR count). The molecule has 0 saturated carbocycles. The number of hydrogen-bond donors (Lipinski definition) is 10. The fraction of sp³-hybridized carbons (Fsp3) is 0.444. The first-order chi connectivity index (χ1) is 19.4. The fourth-order valence-electron chi connectivity index (χ4n) is 5.34. The molecule has 222 valence electrons. The smallest absolute Gasteiger partial charge is 0.197 e. The molecule has 41 heavy (non-hydrogen) atoms. The topological polar surface area (TPSA) is 251 Å². The molecule has 2 saturated heterocycles. The number of aliphatic hydroxyl groups is 7. The van der Waals surface area contributed by atoms with E-state index in [1.165, 1.54) is 31.2 Å². The lowest BCUT2D eigenvalue weighted by Gasteiger charge is -2.42. The number of ether oxygens (including phenoxy) is 2. The van der Waals surface area contributed by atoms with Gasteiger partial charge in [0.15, 0.2) is 11.0 Å². The Morgan fingerprint density at radius 3 is 1.93 bits per heavy atom. The van der Waals surface area contributed by atoms with Gasteiger partial charge in [0.2, 0.25) is 0 Å². The van der Waals surface area contributed by atoms with E-state index in [1.54, 1.807) is 0 Å². The second-order valence-electron chi connectivity index (χ2n) is 10.2. The van der Waals surface area contributed by atoms with Gasteiger partial charge in [-0.25, -0.2) is 0 Å². The lowest BCUT2D eigenvalue weighted by atomic mass is 9.85. The monoisotopic (exact) mass is 578 g/mol. The van der Waals surface area contributed by atoms with Gasteiger partial charge in [-0.1, -0.05) is 0 Å². The molecule has 10 atom stereocenters. The Labute approximate surface area is 231 Å². The molecule has 1 aromatic heterocycles. The van der Waals surface area contributed by atoms with Crippen molar-refractivity contribution in [2.24, 2.45) is 0 Å². The summed E-state index contributed by atoms with van der Waals surface area (Å²) in [6.45, 7) is 0.552. The Morgan fingerprint density at radius 1 is 0.732 bits per heavy atom. The average Bonchev–Trinajstić information content (AvgIpc) is 2.94. The van der Waals surface area contributed by atoms with Crippen LogP contribution in [0.2, 0.25) is 0 Å². The SMILES string of the molecule is C[C@H]1O[C@@H](c2c(O)c([C@@H]3O[C@H](CO)[C@@H](O)[C@H](O)[C@H]3O)c(O)c3c(=O)cc(-c4ccc(O)cc4)oc23)[C@H](O)[C@H](O)[C@H]1O. The molecule has 0 radical (unpaired) electrons. The zero-order valence-electron chi connectivity index (χ0n) is 21.5. The van der Waals surface area contributed by atoms with Crippen LogP contribution in [0.25, 0.3) is 22.3 Å². The van der Waals surface area contributed by atoms with Gasteiger partial charge in [-0.2, -0.15) is 0 Å². The average molecular weight is 579 g/mol. The summed E-state index contributed by atoms with van der Waals surface area (Å²) in [5.74, 6) is -2.01. The Morgan fingerprint density at radius 2 is 1.32 bits per heavy atom. The van der Waals surface area contributed by atoms with E-state index < -0.39 is 107 Å². The molecular weight excluding hydrogens is 548 g/mol. The first kappa shape index (κ1) is 29.2. The van der Waals surface area contributed by atoms with E-state index >= 15 is 0 Å². The molecule has 0 bridgehead atoms. The molecule has 0 amide bonds. The third-order valence-electron chi connectivity index (χ3n) is 7.66. The van der Waals surface area contributed by atoms with Crippen molar-refractivity contribution in [3.63, 3.8) is 0 Å². The summed E-state index contributed by atoms with van der Waals surface area (Å²) in [4.78, 5) is 13.4. The van der Waals surface area contributed by atoms with Gasteiger partial charge >= 0.3 is 0 Å². The second-order valence-corrected chi connectivity index (χ2v) is 10.2. The van der Waals surface area contributed by atoms with Gasteiger partial charge in [0.05, 0.1) is 23.8 Å². The highest BCUT2D eigenvalue weighted by molar-refractivity contribution is 5.92. The molecule has 3 aromatic rings. The molecule has 0 spiro atoms. The minimum Gasteiger partial charge on any atom is -0.508 e. The van der Waals surface area contributed by atoms with Crippen LogP contribution >= 0.6 is 0 Å². The van der Waals surface area contributed by atoms with Crippen molar-refractivity contribution >= 4 is 11.0 Å². The summed E-state index contributed by atoms with van der Waals surface area (Å²) >= 11 is 0.